The second-order valence-electron chi connectivity index (χ2n) is 15.1. The molecule has 0 fully saturated rings. The maximum Gasteiger partial charge on any atom is 0.137 e. The largest absolute Gasteiger partial charge is 0.457 e. The number of benzene rings is 4. The van der Waals surface area contributed by atoms with Crippen LogP contribution in [-0.2, 0) is 12.8 Å². The molecule has 0 aliphatic carbocycles. The quantitative estimate of drug-likeness (QED) is 0.147. The van der Waals surface area contributed by atoms with Crippen LogP contribution in [0.5, 0.6) is 11.5 Å². The van der Waals surface area contributed by atoms with E-state index in [-0.39, 0.29) is 11.3 Å². The van der Waals surface area contributed by atoms with E-state index in [0.29, 0.717) is 0 Å². The maximum atomic E-state index is 6.64. The summed E-state index contributed by atoms with van der Waals surface area (Å²) in [4.78, 5) is 4.75. The number of pyridine rings is 1. The monoisotopic (exact) mass is 660 g/mol. The van der Waals surface area contributed by atoms with E-state index >= 15 is 0 Å². The summed E-state index contributed by atoms with van der Waals surface area (Å²) in [5, 5.41) is 7.69. The fourth-order valence-corrected chi connectivity index (χ4v) is 6.97. The Labute approximate surface area is 296 Å². The van der Waals surface area contributed by atoms with Gasteiger partial charge in [-0.3, -0.25) is 4.57 Å². The highest BCUT2D eigenvalue weighted by atomic mass is 16.5. The second kappa shape index (κ2) is 13.6. The molecule has 0 aliphatic heterocycles. The molecular formula is C45H48N4O. The predicted molar refractivity (Wildman–Crippen MR) is 208 cm³/mol. The lowest BCUT2D eigenvalue weighted by atomic mass is 9.87. The zero-order chi connectivity index (χ0) is 35.0. The number of aryl methyl sites for hydroxylation is 2. The molecule has 5 heteroatoms. The van der Waals surface area contributed by atoms with Crippen molar-refractivity contribution in [2.45, 2.75) is 80.1 Å². The molecule has 0 aliphatic rings. The molecule has 7 rings (SSSR count). The first kappa shape index (κ1) is 33.3. The molecule has 7 aromatic rings. The van der Waals surface area contributed by atoms with Crippen molar-refractivity contribution in [3.8, 4) is 34.1 Å². The Balaban J connectivity index is 1.30. The van der Waals surface area contributed by atoms with Crippen molar-refractivity contribution in [2.75, 3.05) is 0 Å². The standard InChI is InChI=1S/C45H48N4O/c1-8-12-32-17-19-33(20-18-32)43-40(23-25-45(5,6)7)49(47-44(43)30(2)3)34-13-11-14-35(28-34)50-36-21-22-38-37-15-9-10-16-39(37)48(41(38)29-36)42-27-31(4)24-26-46-42/h9-11,13-22,24,26-30H,8,12,23,25H2,1-7H3. The first-order chi connectivity index (χ1) is 24.1. The molecule has 0 radical (unpaired) electrons. The van der Waals surface area contributed by atoms with Gasteiger partial charge in [0, 0.05) is 34.7 Å². The van der Waals surface area contributed by atoms with E-state index in [2.05, 4.69) is 149 Å². The smallest absolute Gasteiger partial charge is 0.137 e. The van der Waals surface area contributed by atoms with E-state index in [4.69, 9.17) is 14.8 Å². The minimum atomic E-state index is 0.190. The summed E-state index contributed by atoms with van der Waals surface area (Å²) in [6.07, 6.45) is 6.09. The van der Waals surface area contributed by atoms with Crippen LogP contribution < -0.4 is 4.74 Å². The van der Waals surface area contributed by atoms with Crippen LogP contribution in [0, 0.1) is 12.3 Å². The molecule has 0 amide bonds. The summed E-state index contributed by atoms with van der Waals surface area (Å²) in [6.45, 7) is 15.8. The third-order valence-corrected chi connectivity index (χ3v) is 9.52. The molecule has 0 saturated carbocycles. The van der Waals surface area contributed by atoms with Gasteiger partial charge in [0.2, 0.25) is 0 Å². The minimum Gasteiger partial charge on any atom is -0.457 e. The van der Waals surface area contributed by atoms with Gasteiger partial charge in [0.15, 0.2) is 0 Å². The summed E-state index contributed by atoms with van der Waals surface area (Å²) in [7, 11) is 0. The van der Waals surface area contributed by atoms with Crippen molar-refractivity contribution in [1.29, 1.82) is 0 Å². The predicted octanol–water partition coefficient (Wildman–Crippen LogP) is 12.2. The van der Waals surface area contributed by atoms with Gasteiger partial charge in [-0.1, -0.05) is 96.5 Å². The van der Waals surface area contributed by atoms with Gasteiger partial charge in [-0.2, -0.15) is 5.10 Å². The minimum absolute atomic E-state index is 0.190. The lowest BCUT2D eigenvalue weighted by molar-refractivity contribution is 0.375. The van der Waals surface area contributed by atoms with E-state index in [1.165, 1.54) is 38.7 Å². The molecule has 4 aromatic carbocycles. The number of ether oxygens (including phenoxy) is 1. The first-order valence-corrected chi connectivity index (χ1v) is 18.1. The Hall–Kier alpha value is -5.16. The van der Waals surface area contributed by atoms with Crippen LogP contribution in [0.15, 0.2) is 109 Å². The third-order valence-electron chi connectivity index (χ3n) is 9.52. The maximum absolute atomic E-state index is 6.64. The molecule has 5 nitrogen and oxygen atoms in total. The number of aromatic nitrogens is 4. The van der Waals surface area contributed by atoms with Crippen molar-refractivity contribution in [1.82, 2.24) is 19.3 Å². The fourth-order valence-electron chi connectivity index (χ4n) is 6.97. The number of hydrogen-bond acceptors (Lipinski definition) is 3. The highest BCUT2D eigenvalue weighted by molar-refractivity contribution is 6.09. The molecule has 0 saturated heterocycles. The average molecular weight is 661 g/mol. The highest BCUT2D eigenvalue weighted by Crippen LogP contribution is 2.38. The number of para-hydroxylation sites is 1. The number of rotatable bonds is 10. The molecule has 3 aromatic heterocycles. The van der Waals surface area contributed by atoms with Gasteiger partial charge >= 0.3 is 0 Å². The van der Waals surface area contributed by atoms with Crippen molar-refractivity contribution in [3.05, 3.63) is 132 Å². The fraction of sp³-hybridized carbons (Fsp3) is 0.289. The van der Waals surface area contributed by atoms with Gasteiger partial charge in [-0.25, -0.2) is 9.67 Å². The van der Waals surface area contributed by atoms with Crippen LogP contribution in [0.3, 0.4) is 0 Å². The normalized spacial score (nSPS) is 12.0. The number of fused-ring (bicyclic) bond motifs is 3. The van der Waals surface area contributed by atoms with Crippen LogP contribution in [0.4, 0.5) is 0 Å². The topological polar surface area (TPSA) is 44.9 Å². The van der Waals surface area contributed by atoms with Crippen molar-refractivity contribution in [2.24, 2.45) is 5.41 Å². The van der Waals surface area contributed by atoms with Crippen molar-refractivity contribution >= 4 is 21.8 Å². The molecule has 3 heterocycles. The molecule has 0 unspecified atom stereocenters. The Morgan fingerprint density at radius 1 is 0.760 bits per heavy atom. The Morgan fingerprint density at radius 2 is 1.52 bits per heavy atom. The Morgan fingerprint density at radius 3 is 2.26 bits per heavy atom. The zero-order valence-electron chi connectivity index (χ0n) is 30.5. The van der Waals surface area contributed by atoms with Gasteiger partial charge in [0.05, 0.1) is 28.1 Å². The van der Waals surface area contributed by atoms with Gasteiger partial charge in [-0.05, 0) is 96.7 Å². The molecule has 0 atom stereocenters. The lowest BCUT2D eigenvalue weighted by Gasteiger charge is -2.19. The lowest BCUT2D eigenvalue weighted by Crippen LogP contribution is -2.10. The Kier molecular flexibility index (Phi) is 9.09. The van der Waals surface area contributed by atoms with Crippen LogP contribution in [0.1, 0.15) is 82.8 Å². The van der Waals surface area contributed by atoms with E-state index in [9.17, 15) is 0 Å². The van der Waals surface area contributed by atoms with Crippen LogP contribution in [0.2, 0.25) is 0 Å². The summed E-state index contributed by atoms with van der Waals surface area (Å²) in [5.74, 6) is 2.71. The summed E-state index contributed by atoms with van der Waals surface area (Å²) >= 11 is 0. The molecule has 254 valence electrons. The van der Waals surface area contributed by atoms with Crippen molar-refractivity contribution < 1.29 is 4.74 Å². The van der Waals surface area contributed by atoms with Crippen LogP contribution >= 0.6 is 0 Å². The molecule has 0 bridgehead atoms. The van der Waals surface area contributed by atoms with Crippen LogP contribution in [0.25, 0.3) is 44.4 Å². The molecule has 0 N–H and O–H groups in total. The molecular weight excluding hydrogens is 613 g/mol. The van der Waals surface area contributed by atoms with Crippen LogP contribution in [-0.4, -0.2) is 19.3 Å². The van der Waals surface area contributed by atoms with E-state index < -0.39 is 0 Å². The summed E-state index contributed by atoms with van der Waals surface area (Å²) in [6, 6.07) is 36.5. The van der Waals surface area contributed by atoms with Gasteiger partial charge in [-0.15, -0.1) is 0 Å². The summed E-state index contributed by atoms with van der Waals surface area (Å²) in [5.41, 5.74) is 10.8. The number of hydrogen-bond donors (Lipinski definition) is 0. The third kappa shape index (κ3) is 6.69. The van der Waals surface area contributed by atoms with Gasteiger partial charge < -0.3 is 4.74 Å². The average Bonchev–Trinajstić information content (AvgIpc) is 3.64. The highest BCUT2D eigenvalue weighted by Gasteiger charge is 2.24. The van der Waals surface area contributed by atoms with Gasteiger partial charge in [0.25, 0.3) is 0 Å². The second-order valence-corrected chi connectivity index (χ2v) is 15.1. The number of nitrogens with zero attached hydrogens (tertiary/aromatic N) is 4. The molecule has 50 heavy (non-hydrogen) atoms. The van der Waals surface area contributed by atoms with Crippen molar-refractivity contribution in [3.63, 3.8) is 0 Å². The van der Waals surface area contributed by atoms with Gasteiger partial charge in [0.1, 0.15) is 17.3 Å². The summed E-state index contributed by atoms with van der Waals surface area (Å²) < 4.78 is 11.1. The SMILES string of the molecule is CCCc1ccc(-c2c(C(C)C)nn(-c3cccc(Oc4ccc5c6ccccc6n(-c6cc(C)ccn6)c5c4)c3)c2CCC(C)(C)C)cc1. The van der Waals surface area contributed by atoms with E-state index in [0.717, 1.165) is 65.4 Å². The van der Waals surface area contributed by atoms with E-state index in [1.807, 2.05) is 18.3 Å². The molecule has 0 spiro atoms. The van der Waals surface area contributed by atoms with E-state index in [1.54, 1.807) is 0 Å². The first-order valence-electron chi connectivity index (χ1n) is 18.1. The zero-order valence-corrected chi connectivity index (χ0v) is 30.5. The Bertz CT molecular complexity index is 2280.